The third kappa shape index (κ3) is 3.55. The van der Waals surface area contributed by atoms with Crippen LogP contribution in [0.25, 0.3) is 11.5 Å². The molecule has 2 aromatic rings. The molecule has 2 heterocycles. The molecule has 0 saturated carbocycles. The highest BCUT2D eigenvalue weighted by Gasteiger charge is 2.11. The summed E-state index contributed by atoms with van der Waals surface area (Å²) < 4.78 is 0. The van der Waals surface area contributed by atoms with E-state index in [1.54, 1.807) is 6.07 Å². The van der Waals surface area contributed by atoms with Gasteiger partial charge in [-0.05, 0) is 18.4 Å². The van der Waals surface area contributed by atoms with Crippen LogP contribution in [-0.2, 0) is 6.42 Å². The van der Waals surface area contributed by atoms with Gasteiger partial charge in [0.1, 0.15) is 5.69 Å². The molecular formula is C13H13Cl2N3O. The maximum absolute atomic E-state index is 11.7. The molecule has 0 spiro atoms. The van der Waals surface area contributed by atoms with Gasteiger partial charge in [-0.1, -0.05) is 37.0 Å². The zero-order valence-electron chi connectivity index (χ0n) is 10.6. The Morgan fingerprint density at radius 1 is 1.32 bits per heavy atom. The fraction of sp³-hybridized carbons (Fsp3) is 0.308. The Bertz CT molecular complexity index is 653. The molecule has 2 aromatic heterocycles. The van der Waals surface area contributed by atoms with Crippen LogP contribution in [-0.4, -0.2) is 15.0 Å². The molecular weight excluding hydrogens is 285 g/mol. The Balaban J connectivity index is 2.50. The Kier molecular flexibility index (Phi) is 4.22. The number of H-pyrrole nitrogens is 1. The molecule has 0 aliphatic heterocycles. The molecule has 6 heteroatoms. The molecule has 19 heavy (non-hydrogen) atoms. The quantitative estimate of drug-likeness (QED) is 0.945. The van der Waals surface area contributed by atoms with Crippen LogP contribution in [0, 0.1) is 5.92 Å². The minimum absolute atomic E-state index is 0.214. The van der Waals surface area contributed by atoms with Gasteiger partial charge in [0.2, 0.25) is 0 Å². The third-order valence-corrected chi connectivity index (χ3v) is 2.94. The Hall–Kier alpha value is -1.39. The maximum atomic E-state index is 11.7. The number of aromatic nitrogens is 3. The third-order valence-electron chi connectivity index (χ3n) is 2.44. The van der Waals surface area contributed by atoms with Crippen molar-refractivity contribution in [2.24, 2.45) is 5.92 Å². The van der Waals surface area contributed by atoms with Crippen LogP contribution in [0.2, 0.25) is 10.0 Å². The molecule has 0 aromatic carbocycles. The highest BCUT2D eigenvalue weighted by molar-refractivity contribution is 6.35. The summed E-state index contributed by atoms with van der Waals surface area (Å²) in [5.41, 5.74) is 0.934. The zero-order valence-corrected chi connectivity index (χ0v) is 12.1. The van der Waals surface area contributed by atoms with Crippen LogP contribution in [0.1, 0.15) is 19.5 Å². The van der Waals surface area contributed by atoms with Gasteiger partial charge in [-0.3, -0.25) is 4.79 Å². The number of aromatic amines is 1. The van der Waals surface area contributed by atoms with Gasteiger partial charge in [0, 0.05) is 18.0 Å². The lowest BCUT2D eigenvalue weighted by Crippen LogP contribution is -2.12. The molecule has 0 saturated heterocycles. The molecule has 2 rings (SSSR count). The Morgan fingerprint density at radius 3 is 2.68 bits per heavy atom. The van der Waals surface area contributed by atoms with E-state index in [4.69, 9.17) is 23.2 Å². The largest absolute Gasteiger partial charge is 0.305 e. The van der Waals surface area contributed by atoms with Gasteiger partial charge in [0.15, 0.2) is 5.82 Å². The second-order valence-corrected chi connectivity index (χ2v) is 5.51. The Morgan fingerprint density at radius 2 is 2.05 bits per heavy atom. The molecule has 0 radical (unpaired) electrons. The van der Waals surface area contributed by atoms with Crippen molar-refractivity contribution in [1.82, 2.24) is 15.0 Å². The predicted molar refractivity (Wildman–Crippen MR) is 76.7 cm³/mol. The molecule has 100 valence electrons. The van der Waals surface area contributed by atoms with Gasteiger partial charge in [-0.25, -0.2) is 9.97 Å². The van der Waals surface area contributed by atoms with Crippen molar-refractivity contribution in [3.8, 4) is 11.5 Å². The summed E-state index contributed by atoms with van der Waals surface area (Å²) in [4.78, 5) is 22.8. The smallest absolute Gasteiger partial charge is 0.251 e. The van der Waals surface area contributed by atoms with Crippen LogP contribution in [0.4, 0.5) is 0 Å². The average Bonchev–Trinajstić information content (AvgIpc) is 2.26. The second kappa shape index (κ2) is 5.72. The van der Waals surface area contributed by atoms with Crippen LogP contribution < -0.4 is 5.56 Å². The number of halogens is 2. The van der Waals surface area contributed by atoms with Crippen molar-refractivity contribution in [2.45, 2.75) is 20.3 Å². The molecule has 0 unspecified atom stereocenters. The standard InChI is InChI=1S/C13H13Cl2N3O/c1-7(2)3-9-5-11(19)18-13(17-9)12-10(15)4-8(14)6-16-12/h4-7H,3H2,1-2H3,(H,17,18,19). The fourth-order valence-electron chi connectivity index (χ4n) is 1.73. The molecule has 0 amide bonds. The van der Waals surface area contributed by atoms with E-state index in [1.165, 1.54) is 12.3 Å². The molecule has 4 nitrogen and oxygen atoms in total. The minimum Gasteiger partial charge on any atom is -0.305 e. The first kappa shape index (κ1) is 14.0. The number of rotatable bonds is 3. The van der Waals surface area contributed by atoms with Crippen LogP contribution in [0.15, 0.2) is 23.1 Å². The predicted octanol–water partition coefficient (Wildman–Crippen LogP) is 3.34. The number of hydrogen-bond acceptors (Lipinski definition) is 3. The van der Waals surface area contributed by atoms with Crippen LogP contribution >= 0.6 is 23.2 Å². The van der Waals surface area contributed by atoms with Gasteiger partial charge in [0.05, 0.1) is 10.0 Å². The highest BCUT2D eigenvalue weighted by atomic mass is 35.5. The number of hydrogen-bond donors (Lipinski definition) is 1. The second-order valence-electron chi connectivity index (χ2n) is 4.67. The molecule has 0 atom stereocenters. The highest BCUT2D eigenvalue weighted by Crippen LogP contribution is 2.25. The van der Waals surface area contributed by atoms with E-state index < -0.39 is 0 Å². The number of pyridine rings is 1. The van der Waals surface area contributed by atoms with Crippen molar-refractivity contribution in [2.75, 3.05) is 0 Å². The summed E-state index contributed by atoms with van der Waals surface area (Å²) in [7, 11) is 0. The van der Waals surface area contributed by atoms with E-state index in [0.29, 0.717) is 27.5 Å². The summed E-state index contributed by atoms with van der Waals surface area (Å²) in [5.74, 6) is 0.778. The van der Waals surface area contributed by atoms with Crippen molar-refractivity contribution in [3.05, 3.63) is 44.4 Å². The van der Waals surface area contributed by atoms with Crippen molar-refractivity contribution in [1.29, 1.82) is 0 Å². The van der Waals surface area contributed by atoms with Crippen LogP contribution in [0.3, 0.4) is 0 Å². The van der Waals surface area contributed by atoms with Gasteiger partial charge >= 0.3 is 0 Å². The van der Waals surface area contributed by atoms with E-state index in [0.717, 1.165) is 12.1 Å². The number of nitrogens with one attached hydrogen (secondary N) is 1. The van der Waals surface area contributed by atoms with Crippen molar-refractivity contribution < 1.29 is 0 Å². The molecule has 0 fully saturated rings. The first-order chi connectivity index (χ1) is 8.95. The first-order valence-electron chi connectivity index (χ1n) is 5.87. The lowest BCUT2D eigenvalue weighted by atomic mass is 10.1. The zero-order chi connectivity index (χ0) is 14.0. The van der Waals surface area contributed by atoms with E-state index in [-0.39, 0.29) is 5.56 Å². The first-order valence-corrected chi connectivity index (χ1v) is 6.63. The summed E-state index contributed by atoms with van der Waals surface area (Å²) in [5, 5.41) is 0.798. The fourth-order valence-corrected chi connectivity index (χ4v) is 2.20. The van der Waals surface area contributed by atoms with Gasteiger partial charge in [-0.2, -0.15) is 0 Å². The summed E-state index contributed by atoms with van der Waals surface area (Å²) in [6.07, 6.45) is 2.19. The molecule has 1 N–H and O–H groups in total. The van der Waals surface area contributed by atoms with E-state index >= 15 is 0 Å². The lowest BCUT2D eigenvalue weighted by molar-refractivity contribution is 0.633. The normalized spacial score (nSPS) is 11.0. The van der Waals surface area contributed by atoms with Gasteiger partial charge < -0.3 is 4.98 Å². The lowest BCUT2D eigenvalue weighted by Gasteiger charge is -2.07. The van der Waals surface area contributed by atoms with E-state index in [2.05, 4.69) is 28.8 Å². The van der Waals surface area contributed by atoms with Gasteiger partial charge in [0.25, 0.3) is 5.56 Å². The van der Waals surface area contributed by atoms with E-state index in [9.17, 15) is 4.79 Å². The SMILES string of the molecule is CC(C)Cc1cc(=O)[nH]c(-c2ncc(Cl)cc2Cl)n1. The maximum Gasteiger partial charge on any atom is 0.251 e. The molecule has 0 aliphatic carbocycles. The van der Waals surface area contributed by atoms with E-state index in [1.807, 2.05) is 0 Å². The van der Waals surface area contributed by atoms with Crippen LogP contribution in [0.5, 0.6) is 0 Å². The summed E-state index contributed by atoms with van der Waals surface area (Å²) in [6.45, 7) is 4.13. The minimum atomic E-state index is -0.214. The molecule has 0 aliphatic rings. The summed E-state index contributed by atoms with van der Waals surface area (Å²) >= 11 is 11.9. The molecule has 0 bridgehead atoms. The monoisotopic (exact) mass is 297 g/mol. The topological polar surface area (TPSA) is 58.6 Å². The van der Waals surface area contributed by atoms with Gasteiger partial charge in [-0.15, -0.1) is 0 Å². The number of nitrogens with zero attached hydrogens (tertiary/aromatic N) is 2. The Labute approximate surface area is 120 Å². The van der Waals surface area contributed by atoms with Crippen molar-refractivity contribution in [3.63, 3.8) is 0 Å². The average molecular weight is 298 g/mol. The summed E-state index contributed by atoms with van der Waals surface area (Å²) in [6, 6.07) is 3.06. The van der Waals surface area contributed by atoms with Crippen molar-refractivity contribution >= 4 is 23.2 Å².